The maximum absolute atomic E-state index is 3.77. The summed E-state index contributed by atoms with van der Waals surface area (Å²) in [6.45, 7) is 0. The van der Waals surface area contributed by atoms with E-state index in [0.717, 1.165) is 4.47 Å². The van der Waals surface area contributed by atoms with Gasteiger partial charge in [0.2, 0.25) is 0 Å². The molecule has 0 aliphatic carbocycles. The molecule has 0 atom stereocenters. The van der Waals surface area contributed by atoms with Gasteiger partial charge in [0.05, 0.1) is 33.1 Å². The second-order valence-corrected chi connectivity index (χ2v) is 44.0. The van der Waals surface area contributed by atoms with Gasteiger partial charge in [0, 0.05) is 116 Å². The van der Waals surface area contributed by atoms with Crippen LogP contribution in [0.1, 0.15) is 0 Å². The molecule has 26 aromatic rings. The van der Waals surface area contributed by atoms with E-state index in [2.05, 4.69) is 520 Å². The van der Waals surface area contributed by atoms with E-state index in [4.69, 9.17) is 0 Å². The van der Waals surface area contributed by atoms with Gasteiger partial charge in [-0.05, 0) is 197 Å². The van der Waals surface area contributed by atoms with E-state index in [0.29, 0.717) is 0 Å². The van der Waals surface area contributed by atoms with Gasteiger partial charge in [0.1, 0.15) is 0 Å². The Labute approximate surface area is 765 Å². The Kier molecular flexibility index (Phi) is 19.5. The Balaban J connectivity index is 0.000000119. The number of hydrogen-bond acceptors (Lipinski definition) is 2. The number of hydrogen-bond donors (Lipinski definition) is 1. The van der Waals surface area contributed by atoms with E-state index in [-0.39, 0.29) is 0 Å². The molecule has 6 aromatic heterocycles. The molecule has 9 heteroatoms. The van der Waals surface area contributed by atoms with Crippen LogP contribution in [0, 0.1) is 0 Å². The summed E-state index contributed by atoms with van der Waals surface area (Å²) < 4.78 is 13.8. The van der Waals surface area contributed by atoms with Crippen molar-refractivity contribution < 1.29 is 0 Å². The normalized spacial score (nSPS) is 11.9. The quantitative estimate of drug-likeness (QED) is 0.0881. The smallest absolute Gasteiger partial charge is 0.181 e. The van der Waals surface area contributed by atoms with Crippen LogP contribution in [0.4, 0.5) is 0 Å². The first kappa shape index (κ1) is 77.5. The standard InChI is InChI=1S/C60H40N2SSi.C30H21BrSSi.C30H20N2/c1-4-18-43(19-5-1)61-54-30-13-10-26-48(54)52-38-41(34-36-56(52)61)42-35-37-57-53(39-42)49-27-11-14-31-55(49)62(57)44-20-16-25-47(40-44)64(45-21-6-2-7-22-45,46-23-8-3-9-24-46)59-33-17-29-51-50-28-12-15-32-58(50)63-60(51)59;31-22-11-9-16-25(21-22)33(23-12-3-1-4-13-23,24-14-5-2-6-15-24)29-20-10-18-27-26-17-7-8-19-28(26)32-30(27)29;1-2-8-22(9-3-1)32-29-13-7-5-11-24(29)26-19-21(15-17-30(26)32)20-14-16-28-25(18-20)23-10-4-6-12-27(23)31-28/h1-40H;1-21H;1-19,31H. The van der Waals surface area contributed by atoms with E-state index in [9.17, 15) is 0 Å². The van der Waals surface area contributed by atoms with Gasteiger partial charge in [-0.1, -0.05) is 368 Å². The molecule has 1 N–H and O–H groups in total. The van der Waals surface area contributed by atoms with Gasteiger partial charge in [0.25, 0.3) is 0 Å². The maximum atomic E-state index is 3.77. The highest BCUT2D eigenvalue weighted by atomic mass is 79.9. The summed E-state index contributed by atoms with van der Waals surface area (Å²) in [5.74, 6) is 0. The zero-order chi connectivity index (χ0) is 85.5. The molecule has 6 heterocycles. The molecule has 0 saturated carbocycles. The number of fused-ring (bicyclic) bond motifs is 18. The van der Waals surface area contributed by atoms with Gasteiger partial charge in [-0.3, -0.25) is 0 Å². The van der Waals surface area contributed by atoms with E-state index < -0.39 is 16.1 Å². The second-order valence-electron chi connectivity index (χ2n) is 33.4. The number of aromatic nitrogens is 4. The third kappa shape index (κ3) is 13.0. The molecule has 0 aliphatic rings. The van der Waals surface area contributed by atoms with Crippen LogP contribution in [0.2, 0.25) is 0 Å². The molecule has 0 bridgehead atoms. The van der Waals surface area contributed by atoms with Crippen LogP contribution in [0.5, 0.6) is 0 Å². The van der Waals surface area contributed by atoms with Gasteiger partial charge < -0.3 is 18.7 Å². The first-order chi connectivity index (χ1) is 63.9. The topological polar surface area (TPSA) is 30.6 Å². The fourth-order valence-electron chi connectivity index (χ4n) is 20.8. The summed E-state index contributed by atoms with van der Waals surface area (Å²) in [6.07, 6.45) is 0. The van der Waals surface area contributed by atoms with Crippen LogP contribution in [0.15, 0.2) is 490 Å². The molecule has 0 aliphatic heterocycles. The van der Waals surface area contributed by atoms with Crippen LogP contribution in [0.25, 0.3) is 167 Å². The highest BCUT2D eigenvalue weighted by Gasteiger charge is 2.45. The summed E-state index contributed by atoms with van der Waals surface area (Å²) in [7, 11) is -5.50. The number of para-hydroxylation sites is 6. The predicted octanol–water partition coefficient (Wildman–Crippen LogP) is 27.6. The summed E-state index contributed by atoms with van der Waals surface area (Å²) in [4.78, 5) is 3.53. The van der Waals surface area contributed by atoms with Crippen molar-refractivity contribution in [1.29, 1.82) is 0 Å². The lowest BCUT2D eigenvalue weighted by Gasteiger charge is -2.35. The monoisotopic (exact) mass is 1780 g/mol. The Hall–Kier alpha value is -15.0. The predicted molar refractivity (Wildman–Crippen MR) is 563 cm³/mol. The molecule has 4 nitrogen and oxygen atoms in total. The Morgan fingerprint density at radius 2 is 0.488 bits per heavy atom. The first-order valence-electron chi connectivity index (χ1n) is 44.0. The van der Waals surface area contributed by atoms with Gasteiger partial charge in [-0.25, -0.2) is 0 Å². The van der Waals surface area contributed by atoms with Crippen LogP contribution in [0.3, 0.4) is 0 Å². The van der Waals surface area contributed by atoms with E-state index in [1.807, 2.05) is 22.7 Å². The zero-order valence-electron chi connectivity index (χ0n) is 70.2. The van der Waals surface area contributed by atoms with Crippen molar-refractivity contribution in [1.82, 2.24) is 18.7 Å². The lowest BCUT2D eigenvalue weighted by atomic mass is 10.0. The SMILES string of the molecule is Brc1cccc([Si](c2ccccc2)(c2ccccc2)c2cccc3c2sc2ccccc23)c1.c1ccc(-n2c3ccccc3c3cc(-c4ccc5[nH]c6ccccc6c5c4)ccc32)cc1.c1ccc(-n2c3ccccc3c3cc(-c4ccc5c(c4)c4ccccc4n5-c4cccc([Si](c5ccccc5)(c5ccccc5)c5cccc6c5sc5ccccc56)c4)ccc32)cc1. The number of thiophene rings is 2. The lowest BCUT2D eigenvalue weighted by Crippen LogP contribution is -2.74. The third-order valence-electron chi connectivity index (χ3n) is 26.5. The molecule has 608 valence electrons. The number of nitrogens with one attached hydrogen (secondary N) is 1. The number of halogens is 1. The zero-order valence-corrected chi connectivity index (χ0v) is 75.4. The van der Waals surface area contributed by atoms with Crippen LogP contribution >= 0.6 is 38.6 Å². The molecule has 129 heavy (non-hydrogen) atoms. The number of aromatic amines is 1. The summed E-state index contributed by atoms with van der Waals surface area (Å²) in [6, 6.07) is 179. The minimum absolute atomic E-state index is 1.12. The van der Waals surface area contributed by atoms with Crippen LogP contribution in [-0.2, 0) is 0 Å². The van der Waals surface area contributed by atoms with Crippen molar-refractivity contribution in [2.45, 2.75) is 0 Å². The van der Waals surface area contributed by atoms with Crippen LogP contribution in [-0.4, -0.2) is 34.8 Å². The highest BCUT2D eigenvalue weighted by Crippen LogP contribution is 2.43. The first-order valence-corrected chi connectivity index (χ1v) is 50.5. The molecule has 0 amide bonds. The fraction of sp³-hybridized carbons (Fsp3) is 0. The number of rotatable bonds is 13. The average Bonchev–Trinajstić information content (AvgIpc) is 1.70. The van der Waals surface area contributed by atoms with E-state index in [1.165, 1.54) is 208 Å². The number of H-pyrrole nitrogens is 1. The highest BCUT2D eigenvalue weighted by molar-refractivity contribution is 9.10. The van der Waals surface area contributed by atoms with Crippen molar-refractivity contribution >= 4 is 224 Å². The van der Waals surface area contributed by atoms with Crippen molar-refractivity contribution in [3.05, 3.63) is 490 Å². The molecule has 0 fully saturated rings. The van der Waals surface area contributed by atoms with Crippen molar-refractivity contribution in [2.24, 2.45) is 0 Å². The van der Waals surface area contributed by atoms with Crippen molar-refractivity contribution in [3.8, 4) is 39.3 Å². The summed E-state index contributed by atoms with van der Waals surface area (Å²) >= 11 is 7.63. The van der Waals surface area contributed by atoms with E-state index in [1.54, 1.807) is 0 Å². The minimum Gasteiger partial charge on any atom is -0.355 e. The third-order valence-corrected chi connectivity index (χ3v) is 39.4. The molecule has 20 aromatic carbocycles. The molecule has 0 unspecified atom stereocenters. The molecule has 0 radical (unpaired) electrons. The molecular formula is C120H81BrN4S2Si2. The molecule has 0 spiro atoms. The number of benzene rings is 20. The Morgan fingerprint density at radius 1 is 0.194 bits per heavy atom. The van der Waals surface area contributed by atoms with Crippen molar-refractivity contribution in [3.63, 3.8) is 0 Å². The summed E-state index contributed by atoms with van der Waals surface area (Å²) in [5, 5.41) is 26.6. The molecule has 0 saturated heterocycles. The minimum atomic E-state index is -2.93. The largest absolute Gasteiger partial charge is 0.355 e. The maximum Gasteiger partial charge on any atom is 0.181 e. The lowest BCUT2D eigenvalue weighted by molar-refractivity contribution is 1.18. The molecular weight excluding hydrogens is 1700 g/mol. The van der Waals surface area contributed by atoms with Crippen LogP contribution < -0.4 is 41.5 Å². The Bertz CT molecular complexity index is 8700. The van der Waals surface area contributed by atoms with Crippen molar-refractivity contribution in [2.75, 3.05) is 0 Å². The van der Waals surface area contributed by atoms with Gasteiger partial charge in [-0.15, -0.1) is 22.7 Å². The van der Waals surface area contributed by atoms with Gasteiger partial charge in [0.15, 0.2) is 16.1 Å². The second kappa shape index (κ2) is 32.4. The Morgan fingerprint density at radius 3 is 0.915 bits per heavy atom. The fourth-order valence-corrected chi connectivity index (χ4v) is 34.6. The molecule has 26 rings (SSSR count). The van der Waals surface area contributed by atoms with Gasteiger partial charge >= 0.3 is 0 Å². The van der Waals surface area contributed by atoms with Gasteiger partial charge in [-0.2, -0.15) is 0 Å². The average molecular weight is 1780 g/mol. The summed E-state index contributed by atoms with van der Waals surface area (Å²) in [5.41, 5.74) is 18.1. The van der Waals surface area contributed by atoms with E-state index >= 15 is 0 Å². The number of nitrogens with zero attached hydrogens (tertiary/aromatic N) is 3.